The number of ether oxygens (including phenoxy) is 2. The Morgan fingerprint density at radius 1 is 0.848 bits per heavy atom. The molecule has 0 fully saturated rings. The SMILES string of the molecule is O=C1CCCC2=C1C(c1ccc(OCc3ccc([N+](=O)[O-])cc3)cc1)C1=C(CCCC1=O)O2. The van der Waals surface area contributed by atoms with Crippen LogP contribution in [0.15, 0.2) is 71.2 Å². The normalized spacial score (nSPS) is 18.5. The van der Waals surface area contributed by atoms with Gasteiger partial charge in [-0.1, -0.05) is 12.1 Å². The van der Waals surface area contributed by atoms with E-state index >= 15 is 0 Å². The van der Waals surface area contributed by atoms with Gasteiger partial charge in [-0.05, 0) is 48.2 Å². The standard InChI is InChI=1S/C26H23NO6/c28-20-3-1-5-22-25(20)24(26-21(29)4-2-6-23(26)33-22)17-9-13-19(14-10-17)32-15-16-7-11-18(12-8-16)27(30)31/h7-14,24H,1-6,15H2. The average Bonchev–Trinajstić information content (AvgIpc) is 2.82. The van der Waals surface area contributed by atoms with Gasteiger partial charge >= 0.3 is 0 Å². The molecule has 7 nitrogen and oxygen atoms in total. The largest absolute Gasteiger partial charge is 0.489 e. The molecule has 0 bridgehead atoms. The first kappa shape index (κ1) is 21.1. The molecule has 2 aromatic carbocycles. The Labute approximate surface area is 190 Å². The summed E-state index contributed by atoms with van der Waals surface area (Å²) >= 11 is 0. The summed E-state index contributed by atoms with van der Waals surface area (Å²) in [5, 5.41) is 10.8. The maximum absolute atomic E-state index is 12.8. The van der Waals surface area contributed by atoms with Crippen LogP contribution in [0, 0.1) is 10.1 Å². The predicted octanol–water partition coefficient (Wildman–Crippen LogP) is 5.30. The number of ketones is 2. The molecule has 7 heteroatoms. The Balaban J connectivity index is 1.39. The van der Waals surface area contributed by atoms with Gasteiger partial charge in [0.15, 0.2) is 11.6 Å². The first-order chi connectivity index (χ1) is 16.0. The predicted molar refractivity (Wildman–Crippen MR) is 119 cm³/mol. The molecule has 1 aliphatic heterocycles. The zero-order chi connectivity index (χ0) is 22.9. The van der Waals surface area contributed by atoms with E-state index in [-0.39, 0.29) is 29.8 Å². The Bertz CT molecular complexity index is 1150. The van der Waals surface area contributed by atoms with Gasteiger partial charge in [-0.15, -0.1) is 0 Å². The van der Waals surface area contributed by atoms with Gasteiger partial charge in [0.05, 0.1) is 4.92 Å². The number of nitro groups is 1. The van der Waals surface area contributed by atoms with Crippen LogP contribution in [0.5, 0.6) is 5.75 Å². The van der Waals surface area contributed by atoms with Crippen molar-refractivity contribution in [3.8, 4) is 5.75 Å². The lowest BCUT2D eigenvalue weighted by atomic mass is 9.73. The molecule has 0 amide bonds. The van der Waals surface area contributed by atoms with E-state index in [4.69, 9.17) is 9.47 Å². The van der Waals surface area contributed by atoms with Crippen LogP contribution < -0.4 is 4.74 Å². The Morgan fingerprint density at radius 2 is 1.42 bits per heavy atom. The molecule has 0 spiro atoms. The van der Waals surface area contributed by atoms with Crippen LogP contribution in [0.3, 0.4) is 0 Å². The van der Waals surface area contributed by atoms with E-state index in [1.807, 2.05) is 24.3 Å². The zero-order valence-electron chi connectivity index (χ0n) is 18.0. The average molecular weight is 445 g/mol. The summed E-state index contributed by atoms with van der Waals surface area (Å²) in [5.74, 6) is 1.83. The summed E-state index contributed by atoms with van der Waals surface area (Å²) in [6.07, 6.45) is 3.95. The van der Waals surface area contributed by atoms with Crippen LogP contribution in [0.4, 0.5) is 5.69 Å². The van der Waals surface area contributed by atoms with Crippen LogP contribution >= 0.6 is 0 Å². The lowest BCUT2D eigenvalue weighted by Gasteiger charge is -2.36. The van der Waals surface area contributed by atoms with Crippen LogP contribution in [0.2, 0.25) is 0 Å². The van der Waals surface area contributed by atoms with E-state index in [1.54, 1.807) is 12.1 Å². The number of hydrogen-bond acceptors (Lipinski definition) is 6. The topological polar surface area (TPSA) is 95.7 Å². The number of Topliss-reactive ketones (excluding diaryl/α,β-unsaturated/α-hetero) is 2. The van der Waals surface area contributed by atoms with Gasteiger partial charge in [0.1, 0.15) is 23.9 Å². The van der Waals surface area contributed by atoms with Gasteiger partial charge in [-0.3, -0.25) is 19.7 Å². The van der Waals surface area contributed by atoms with E-state index in [0.29, 0.717) is 29.7 Å². The molecule has 3 aliphatic rings. The van der Waals surface area contributed by atoms with Crippen molar-refractivity contribution >= 4 is 17.3 Å². The molecule has 0 N–H and O–H groups in total. The molecular formula is C26H23NO6. The number of non-ortho nitro benzene ring substituents is 1. The van der Waals surface area contributed by atoms with E-state index in [1.165, 1.54) is 12.1 Å². The van der Waals surface area contributed by atoms with Gasteiger partial charge in [-0.25, -0.2) is 0 Å². The highest BCUT2D eigenvalue weighted by Crippen LogP contribution is 2.47. The van der Waals surface area contributed by atoms with Crippen molar-refractivity contribution in [2.24, 2.45) is 0 Å². The summed E-state index contributed by atoms with van der Waals surface area (Å²) in [6.45, 7) is 0.274. The van der Waals surface area contributed by atoms with Gasteiger partial charge in [0.25, 0.3) is 5.69 Å². The van der Waals surface area contributed by atoms with Gasteiger partial charge in [-0.2, -0.15) is 0 Å². The lowest BCUT2D eigenvalue weighted by molar-refractivity contribution is -0.384. The minimum atomic E-state index is -0.435. The maximum Gasteiger partial charge on any atom is 0.269 e. The molecule has 2 aromatic rings. The fourth-order valence-corrected chi connectivity index (χ4v) is 4.79. The molecular weight excluding hydrogens is 422 g/mol. The van der Waals surface area contributed by atoms with Crippen molar-refractivity contribution in [3.63, 3.8) is 0 Å². The molecule has 2 aliphatic carbocycles. The number of nitrogens with zero attached hydrogens (tertiary/aromatic N) is 1. The highest BCUT2D eigenvalue weighted by molar-refractivity contribution is 6.05. The molecule has 0 aromatic heterocycles. The fraction of sp³-hybridized carbons (Fsp3) is 0.308. The van der Waals surface area contributed by atoms with E-state index in [9.17, 15) is 19.7 Å². The van der Waals surface area contributed by atoms with Gasteiger partial charge in [0.2, 0.25) is 0 Å². The van der Waals surface area contributed by atoms with Crippen molar-refractivity contribution < 1.29 is 24.0 Å². The summed E-state index contributed by atoms with van der Waals surface area (Å²) in [4.78, 5) is 36.0. The van der Waals surface area contributed by atoms with Crippen molar-refractivity contribution in [2.45, 2.75) is 51.0 Å². The highest BCUT2D eigenvalue weighted by atomic mass is 16.6. The number of carbonyl (C=O) groups is 2. The number of benzene rings is 2. The van der Waals surface area contributed by atoms with Crippen molar-refractivity contribution in [1.29, 1.82) is 0 Å². The van der Waals surface area contributed by atoms with Crippen LogP contribution in [0.25, 0.3) is 0 Å². The minimum absolute atomic E-state index is 0.0384. The second-order valence-corrected chi connectivity index (χ2v) is 8.54. The molecule has 33 heavy (non-hydrogen) atoms. The summed E-state index contributed by atoms with van der Waals surface area (Å²) < 4.78 is 11.9. The molecule has 5 rings (SSSR count). The molecule has 0 atom stereocenters. The Morgan fingerprint density at radius 3 is 1.97 bits per heavy atom. The Kier molecular flexibility index (Phi) is 5.54. The third-order valence-corrected chi connectivity index (χ3v) is 6.41. The monoisotopic (exact) mass is 445 g/mol. The van der Waals surface area contributed by atoms with Crippen molar-refractivity contribution in [3.05, 3.63) is 92.4 Å². The molecule has 168 valence electrons. The van der Waals surface area contributed by atoms with Gasteiger partial charge in [0, 0.05) is 54.9 Å². The quantitative estimate of drug-likeness (QED) is 0.458. The Hall–Kier alpha value is -3.74. The number of carbonyl (C=O) groups excluding carboxylic acids is 2. The first-order valence-electron chi connectivity index (χ1n) is 11.2. The lowest BCUT2D eigenvalue weighted by Crippen LogP contribution is -2.30. The second-order valence-electron chi connectivity index (χ2n) is 8.54. The van der Waals surface area contributed by atoms with Crippen LogP contribution in [-0.2, 0) is 20.9 Å². The number of hydrogen-bond donors (Lipinski definition) is 0. The third kappa shape index (κ3) is 4.06. The van der Waals surface area contributed by atoms with E-state index in [2.05, 4.69) is 0 Å². The maximum atomic E-state index is 12.8. The molecule has 0 unspecified atom stereocenters. The number of nitro benzene ring substituents is 1. The fourth-order valence-electron chi connectivity index (χ4n) is 4.79. The molecule has 0 radical (unpaired) electrons. The van der Waals surface area contributed by atoms with E-state index in [0.717, 1.165) is 48.3 Å². The summed E-state index contributed by atoms with van der Waals surface area (Å²) in [7, 11) is 0. The van der Waals surface area contributed by atoms with Gasteiger partial charge < -0.3 is 9.47 Å². The molecule has 0 saturated carbocycles. The highest BCUT2D eigenvalue weighted by Gasteiger charge is 2.41. The van der Waals surface area contributed by atoms with Crippen molar-refractivity contribution in [2.75, 3.05) is 0 Å². The summed E-state index contributed by atoms with van der Waals surface area (Å²) in [6, 6.07) is 13.7. The number of allylic oxidation sites excluding steroid dienone is 4. The first-order valence-corrected chi connectivity index (χ1v) is 11.2. The third-order valence-electron chi connectivity index (χ3n) is 6.41. The van der Waals surface area contributed by atoms with Crippen LogP contribution in [0.1, 0.15) is 55.6 Å². The van der Waals surface area contributed by atoms with E-state index < -0.39 is 4.92 Å². The zero-order valence-corrected chi connectivity index (χ0v) is 18.0. The smallest absolute Gasteiger partial charge is 0.269 e. The molecule has 1 heterocycles. The summed E-state index contributed by atoms with van der Waals surface area (Å²) in [5.41, 5.74) is 3.01. The number of rotatable bonds is 5. The molecule has 0 saturated heterocycles. The van der Waals surface area contributed by atoms with Crippen molar-refractivity contribution in [1.82, 2.24) is 0 Å². The minimum Gasteiger partial charge on any atom is -0.489 e. The second kappa shape index (κ2) is 8.65. The van der Waals surface area contributed by atoms with Crippen LogP contribution in [-0.4, -0.2) is 16.5 Å².